The Bertz CT molecular complexity index is 766. The number of benzene rings is 1. The van der Waals surface area contributed by atoms with E-state index in [4.69, 9.17) is 12.2 Å². The number of aromatic nitrogens is 2. The highest BCUT2D eigenvalue weighted by Gasteiger charge is 2.06. The van der Waals surface area contributed by atoms with Crippen LogP contribution in [0.5, 0.6) is 5.88 Å². The van der Waals surface area contributed by atoms with Crippen molar-refractivity contribution >= 4 is 39.5 Å². The van der Waals surface area contributed by atoms with Crippen molar-refractivity contribution in [1.29, 1.82) is 0 Å². The zero-order valence-electron chi connectivity index (χ0n) is 9.77. The van der Waals surface area contributed by atoms with Gasteiger partial charge in [0.1, 0.15) is 0 Å². The number of aryl methyl sites for hydroxylation is 1. The summed E-state index contributed by atoms with van der Waals surface area (Å²) in [5, 5.41) is 17.2. The van der Waals surface area contributed by atoms with Crippen LogP contribution in [0.2, 0.25) is 0 Å². The number of hydrogen-bond donors (Lipinski definition) is 3. The van der Waals surface area contributed by atoms with E-state index >= 15 is 0 Å². The number of H-pyrrole nitrogens is 2. The maximum Gasteiger partial charge on any atom is 0.283 e. The quantitative estimate of drug-likeness (QED) is 0.575. The van der Waals surface area contributed by atoms with Crippen LogP contribution in [0, 0.1) is 11.7 Å². The van der Waals surface area contributed by atoms with Crippen LogP contribution < -0.4 is 5.56 Å². The van der Waals surface area contributed by atoms with Crippen LogP contribution in [-0.4, -0.2) is 15.1 Å². The third kappa shape index (κ3) is 3.15. The Balaban J connectivity index is 2.44. The molecule has 0 spiro atoms. The van der Waals surface area contributed by atoms with Crippen molar-refractivity contribution in [3.63, 3.8) is 0 Å². The van der Waals surface area contributed by atoms with Gasteiger partial charge in [0.05, 0.1) is 5.69 Å². The summed E-state index contributed by atoms with van der Waals surface area (Å²) in [4.78, 5) is 16.3. The Morgan fingerprint density at radius 1 is 1.32 bits per heavy atom. The fraction of sp³-hybridized carbons (Fsp3) is 0.0909. The molecule has 1 heterocycles. The fourth-order valence-corrected chi connectivity index (χ4v) is 2.12. The largest absolute Gasteiger partial charge is 0.493 e. The Kier molecular flexibility index (Phi) is 3.91. The Hall–Kier alpha value is -1.80. The Morgan fingerprint density at radius 2 is 2.05 bits per heavy atom. The minimum absolute atomic E-state index is 0.0259. The van der Waals surface area contributed by atoms with Gasteiger partial charge in [0.25, 0.3) is 5.56 Å². The summed E-state index contributed by atoms with van der Waals surface area (Å²) in [6.07, 6.45) is 0. The average Bonchev–Trinajstić information content (AvgIpc) is 2.30. The van der Waals surface area contributed by atoms with Gasteiger partial charge in [0.2, 0.25) is 11.6 Å². The second-order valence-electron chi connectivity index (χ2n) is 3.76. The summed E-state index contributed by atoms with van der Waals surface area (Å²) in [6, 6.07) is 5.48. The van der Waals surface area contributed by atoms with Gasteiger partial charge in [-0.05, 0) is 52.8 Å². The molecule has 0 aliphatic heterocycles. The van der Waals surface area contributed by atoms with Gasteiger partial charge in [0, 0.05) is 4.47 Å². The second-order valence-corrected chi connectivity index (χ2v) is 5.02. The Labute approximate surface area is 121 Å². The van der Waals surface area contributed by atoms with Crippen LogP contribution >= 0.6 is 28.1 Å². The first-order valence-electron chi connectivity index (χ1n) is 5.21. The molecule has 98 valence electrons. The lowest BCUT2D eigenvalue weighted by molar-refractivity contribution is 0.451. The van der Waals surface area contributed by atoms with Gasteiger partial charge in [-0.3, -0.25) is 9.78 Å². The maximum absolute atomic E-state index is 11.6. The van der Waals surface area contributed by atoms with Crippen LogP contribution in [0.15, 0.2) is 37.7 Å². The van der Waals surface area contributed by atoms with Gasteiger partial charge >= 0.3 is 0 Å². The van der Waals surface area contributed by atoms with E-state index in [1.165, 1.54) is 0 Å². The molecule has 2 rings (SSSR count). The number of rotatable bonds is 2. The molecule has 0 aliphatic rings. The molecule has 0 amide bonds. The molecule has 0 aliphatic carbocycles. The fourth-order valence-electron chi connectivity index (χ4n) is 1.36. The van der Waals surface area contributed by atoms with E-state index in [0.717, 1.165) is 10.0 Å². The van der Waals surface area contributed by atoms with Gasteiger partial charge in [-0.2, -0.15) is 0 Å². The highest BCUT2D eigenvalue weighted by atomic mass is 79.9. The van der Waals surface area contributed by atoms with E-state index in [9.17, 15) is 9.90 Å². The van der Waals surface area contributed by atoms with E-state index in [0.29, 0.717) is 5.69 Å². The second kappa shape index (κ2) is 5.45. The third-order valence-corrected chi connectivity index (χ3v) is 3.10. The molecular weight excluding hydrogens is 332 g/mol. The van der Waals surface area contributed by atoms with Crippen molar-refractivity contribution < 1.29 is 5.11 Å². The first kappa shape index (κ1) is 13.6. The smallest absolute Gasteiger partial charge is 0.283 e. The first-order chi connectivity index (χ1) is 8.97. The SMILES string of the molecule is Cc1ccc(N=Nc2c(O)[nH]c(=S)[nH]c2=O)c(Br)c1. The predicted octanol–water partition coefficient (Wildman–Crippen LogP) is 3.62. The van der Waals surface area contributed by atoms with Gasteiger partial charge in [-0.1, -0.05) is 6.07 Å². The lowest BCUT2D eigenvalue weighted by Crippen LogP contribution is -2.06. The van der Waals surface area contributed by atoms with Crippen molar-refractivity contribution in [2.45, 2.75) is 6.92 Å². The Morgan fingerprint density at radius 3 is 2.68 bits per heavy atom. The predicted molar refractivity (Wildman–Crippen MR) is 77.0 cm³/mol. The topological polar surface area (TPSA) is 93.6 Å². The molecule has 19 heavy (non-hydrogen) atoms. The summed E-state index contributed by atoms with van der Waals surface area (Å²) in [5.74, 6) is -0.416. The van der Waals surface area contributed by atoms with Crippen molar-refractivity contribution in [3.05, 3.63) is 43.4 Å². The molecule has 0 fully saturated rings. The molecule has 0 saturated heterocycles. The average molecular weight is 341 g/mol. The van der Waals surface area contributed by atoms with Crippen molar-refractivity contribution in [2.24, 2.45) is 10.2 Å². The molecule has 0 unspecified atom stereocenters. The number of hydrogen-bond acceptors (Lipinski definition) is 5. The number of aromatic hydroxyl groups is 1. The molecule has 0 radical (unpaired) electrons. The van der Waals surface area contributed by atoms with E-state index in [1.54, 1.807) is 6.07 Å². The van der Waals surface area contributed by atoms with Gasteiger partial charge in [-0.25, -0.2) is 0 Å². The summed E-state index contributed by atoms with van der Waals surface area (Å²) in [6.45, 7) is 1.94. The molecule has 3 N–H and O–H groups in total. The van der Waals surface area contributed by atoms with Crippen LogP contribution in [0.25, 0.3) is 0 Å². The molecule has 6 nitrogen and oxygen atoms in total. The summed E-state index contributed by atoms with van der Waals surface area (Å²) in [5.41, 5.74) is 0.788. The molecule has 8 heteroatoms. The van der Waals surface area contributed by atoms with Gasteiger partial charge in [0.15, 0.2) is 4.77 Å². The molecule has 0 bridgehead atoms. The number of azo groups is 1. The van der Waals surface area contributed by atoms with E-state index in [1.807, 2.05) is 19.1 Å². The molecule has 1 aromatic heterocycles. The van der Waals surface area contributed by atoms with Crippen molar-refractivity contribution in [1.82, 2.24) is 9.97 Å². The van der Waals surface area contributed by atoms with E-state index < -0.39 is 11.4 Å². The van der Waals surface area contributed by atoms with Gasteiger partial charge in [-0.15, -0.1) is 10.2 Å². The highest BCUT2D eigenvalue weighted by Crippen LogP contribution is 2.28. The lowest BCUT2D eigenvalue weighted by Gasteiger charge is -1.99. The summed E-state index contributed by atoms with van der Waals surface area (Å²) in [7, 11) is 0. The van der Waals surface area contributed by atoms with E-state index in [-0.39, 0.29) is 10.5 Å². The minimum Gasteiger partial charge on any atom is -0.493 e. The number of aromatic amines is 2. The van der Waals surface area contributed by atoms with Crippen LogP contribution in [0.4, 0.5) is 11.4 Å². The molecule has 2 aromatic rings. The number of halogens is 1. The first-order valence-corrected chi connectivity index (χ1v) is 6.41. The lowest BCUT2D eigenvalue weighted by atomic mass is 10.2. The van der Waals surface area contributed by atoms with Crippen LogP contribution in [0.1, 0.15) is 5.56 Å². The van der Waals surface area contributed by atoms with Crippen LogP contribution in [-0.2, 0) is 0 Å². The van der Waals surface area contributed by atoms with Crippen molar-refractivity contribution in [2.75, 3.05) is 0 Å². The molecule has 0 atom stereocenters. The molecule has 1 aromatic carbocycles. The standard InChI is InChI=1S/C11H9BrN4O2S/c1-5-2-3-7(6(12)4-5)15-16-8-9(17)13-11(19)14-10(8)18/h2-4H,1H3,(H3,13,14,17,18,19). The monoisotopic (exact) mass is 340 g/mol. The zero-order chi connectivity index (χ0) is 14.0. The van der Waals surface area contributed by atoms with Gasteiger partial charge < -0.3 is 10.1 Å². The zero-order valence-corrected chi connectivity index (χ0v) is 12.2. The number of nitrogens with one attached hydrogen (secondary N) is 2. The highest BCUT2D eigenvalue weighted by molar-refractivity contribution is 9.10. The maximum atomic E-state index is 11.6. The number of nitrogens with zero attached hydrogens (tertiary/aromatic N) is 2. The minimum atomic E-state index is -0.603. The molecular formula is C11H9BrN4O2S. The van der Waals surface area contributed by atoms with Crippen LogP contribution in [0.3, 0.4) is 0 Å². The van der Waals surface area contributed by atoms with Crippen molar-refractivity contribution in [3.8, 4) is 5.88 Å². The third-order valence-electron chi connectivity index (χ3n) is 2.26. The van der Waals surface area contributed by atoms with E-state index in [2.05, 4.69) is 36.1 Å². The summed E-state index contributed by atoms with van der Waals surface area (Å²) < 4.78 is 0.772. The molecule has 0 saturated carbocycles. The normalized spacial score (nSPS) is 11.1. The summed E-state index contributed by atoms with van der Waals surface area (Å²) >= 11 is 8.05.